The van der Waals surface area contributed by atoms with Crippen molar-refractivity contribution in [2.45, 2.75) is 51.5 Å². The Labute approximate surface area is 236 Å². The van der Waals surface area contributed by atoms with Crippen LogP contribution in [-0.4, -0.2) is 17.9 Å². The van der Waals surface area contributed by atoms with E-state index in [4.69, 9.17) is 4.74 Å². The van der Waals surface area contributed by atoms with E-state index >= 15 is 0 Å². The molecule has 204 valence electrons. The van der Waals surface area contributed by atoms with E-state index in [1.807, 2.05) is 84.9 Å². The Morgan fingerprint density at radius 1 is 0.775 bits per heavy atom. The highest BCUT2D eigenvalue weighted by Gasteiger charge is 2.41. The average Bonchev–Trinajstić information content (AvgIpc) is 3.45. The van der Waals surface area contributed by atoms with Gasteiger partial charge in [0, 0.05) is 11.7 Å². The van der Waals surface area contributed by atoms with E-state index in [-0.39, 0.29) is 23.3 Å². The number of benzene rings is 4. The van der Waals surface area contributed by atoms with Gasteiger partial charge < -0.3 is 15.4 Å². The van der Waals surface area contributed by atoms with Crippen LogP contribution in [0.5, 0.6) is 11.5 Å². The fraction of sp³-hybridized carbons (Fsp3) is 0.257. The topological polar surface area (TPSA) is 67.4 Å². The molecule has 2 N–H and O–H groups in total. The summed E-state index contributed by atoms with van der Waals surface area (Å²) in [6.45, 7) is 2.06. The third-order valence-electron chi connectivity index (χ3n) is 7.66. The van der Waals surface area contributed by atoms with Crippen LogP contribution in [0.4, 0.5) is 5.69 Å². The summed E-state index contributed by atoms with van der Waals surface area (Å²) in [5.41, 5.74) is 3.17. The first-order valence-corrected chi connectivity index (χ1v) is 14.1. The minimum absolute atomic E-state index is 0.00296. The Hall–Kier alpha value is -4.38. The van der Waals surface area contributed by atoms with Crippen LogP contribution in [0, 0.1) is 5.41 Å². The highest BCUT2D eigenvalue weighted by atomic mass is 16.5. The molecule has 0 aliphatic heterocycles. The molecular formula is C35H36N2O3. The Kier molecular flexibility index (Phi) is 8.60. The molecule has 0 bridgehead atoms. The maximum Gasteiger partial charge on any atom is 0.259 e. The zero-order chi connectivity index (χ0) is 27.8. The van der Waals surface area contributed by atoms with E-state index < -0.39 is 0 Å². The van der Waals surface area contributed by atoms with Crippen molar-refractivity contribution >= 4 is 17.5 Å². The maximum absolute atomic E-state index is 13.5. The molecular weight excluding hydrogens is 496 g/mol. The summed E-state index contributed by atoms with van der Waals surface area (Å²) < 4.78 is 5.94. The van der Waals surface area contributed by atoms with Gasteiger partial charge in [0.1, 0.15) is 11.5 Å². The lowest BCUT2D eigenvalue weighted by Crippen LogP contribution is -2.45. The zero-order valence-electron chi connectivity index (χ0n) is 22.9. The molecule has 5 heteroatoms. The lowest BCUT2D eigenvalue weighted by atomic mass is 9.79. The molecule has 2 amide bonds. The minimum atomic E-state index is -0.315. The van der Waals surface area contributed by atoms with E-state index in [9.17, 15) is 9.59 Å². The first-order chi connectivity index (χ1) is 19.5. The van der Waals surface area contributed by atoms with Crippen molar-refractivity contribution in [1.29, 1.82) is 0 Å². The molecule has 0 radical (unpaired) electrons. The van der Waals surface area contributed by atoms with E-state index in [0.717, 1.165) is 44.1 Å². The van der Waals surface area contributed by atoms with Gasteiger partial charge in [0.15, 0.2) is 0 Å². The molecule has 1 saturated carbocycles. The van der Waals surface area contributed by atoms with Gasteiger partial charge in [0.05, 0.1) is 11.0 Å². The summed E-state index contributed by atoms with van der Waals surface area (Å²) in [5.74, 6) is 1.11. The third-order valence-corrected chi connectivity index (χ3v) is 7.66. The second-order valence-electron chi connectivity index (χ2n) is 10.8. The van der Waals surface area contributed by atoms with E-state index in [1.54, 1.807) is 12.1 Å². The number of para-hydroxylation sites is 2. The summed E-state index contributed by atoms with van der Waals surface area (Å²) in [6, 6.07) is 34.8. The quantitative estimate of drug-likeness (QED) is 0.221. The van der Waals surface area contributed by atoms with Crippen LogP contribution >= 0.6 is 0 Å². The maximum atomic E-state index is 13.5. The molecule has 0 aromatic heterocycles. The first-order valence-electron chi connectivity index (χ1n) is 14.1. The molecule has 5 nitrogen and oxygen atoms in total. The SMILES string of the molecule is CC(Cc1ccc(NC(=O)c2ccccc2Oc2ccccc2)cc1)NC(=O)C1(Cc2ccccc2)CCCC1. The molecule has 1 atom stereocenters. The Morgan fingerprint density at radius 3 is 2.10 bits per heavy atom. The van der Waals surface area contributed by atoms with Crippen molar-refractivity contribution < 1.29 is 14.3 Å². The van der Waals surface area contributed by atoms with Gasteiger partial charge >= 0.3 is 0 Å². The lowest BCUT2D eigenvalue weighted by molar-refractivity contribution is -0.131. The number of carbonyl (C=O) groups is 2. The smallest absolute Gasteiger partial charge is 0.259 e. The molecule has 1 fully saturated rings. The second kappa shape index (κ2) is 12.6. The van der Waals surface area contributed by atoms with Crippen molar-refractivity contribution in [3.8, 4) is 11.5 Å². The van der Waals surface area contributed by atoms with Crippen LogP contribution in [0.2, 0.25) is 0 Å². The van der Waals surface area contributed by atoms with Gasteiger partial charge in [-0.1, -0.05) is 85.6 Å². The van der Waals surface area contributed by atoms with Crippen LogP contribution in [-0.2, 0) is 17.6 Å². The largest absolute Gasteiger partial charge is 0.457 e. The molecule has 0 spiro atoms. The summed E-state index contributed by atoms with van der Waals surface area (Å²) in [5, 5.41) is 6.28. The van der Waals surface area contributed by atoms with Gasteiger partial charge in [0.25, 0.3) is 5.91 Å². The average molecular weight is 533 g/mol. The molecule has 4 aromatic carbocycles. The van der Waals surface area contributed by atoms with Crippen molar-refractivity contribution in [3.63, 3.8) is 0 Å². The summed E-state index contributed by atoms with van der Waals surface area (Å²) in [7, 11) is 0. The van der Waals surface area contributed by atoms with E-state index in [1.165, 1.54) is 5.56 Å². The second-order valence-corrected chi connectivity index (χ2v) is 10.8. The monoisotopic (exact) mass is 532 g/mol. The number of rotatable bonds is 10. The van der Waals surface area contributed by atoms with Gasteiger partial charge in [-0.15, -0.1) is 0 Å². The molecule has 4 aromatic rings. The summed E-state index contributed by atoms with van der Waals surface area (Å²) >= 11 is 0. The van der Waals surface area contributed by atoms with E-state index in [0.29, 0.717) is 22.7 Å². The molecule has 1 aliphatic rings. The molecule has 1 aliphatic carbocycles. The molecule has 1 unspecified atom stereocenters. The Bertz CT molecular complexity index is 1410. The van der Waals surface area contributed by atoms with Gasteiger partial charge in [-0.25, -0.2) is 0 Å². The number of hydrogen-bond acceptors (Lipinski definition) is 3. The number of carbonyl (C=O) groups excluding carboxylic acids is 2. The van der Waals surface area contributed by atoms with Gasteiger partial charge in [-0.3, -0.25) is 9.59 Å². The molecule has 40 heavy (non-hydrogen) atoms. The predicted octanol–water partition coefficient (Wildman–Crippen LogP) is 7.58. The third kappa shape index (κ3) is 6.78. The van der Waals surface area contributed by atoms with Gasteiger partial charge in [0.2, 0.25) is 5.91 Å². The number of anilines is 1. The number of amides is 2. The van der Waals surface area contributed by atoms with Gasteiger partial charge in [-0.2, -0.15) is 0 Å². The Morgan fingerprint density at radius 2 is 1.40 bits per heavy atom. The Balaban J connectivity index is 1.18. The minimum Gasteiger partial charge on any atom is -0.457 e. The van der Waals surface area contributed by atoms with Crippen molar-refractivity contribution in [1.82, 2.24) is 5.32 Å². The standard InChI is InChI=1S/C35H36N2O3/c1-26(36-34(39)35(22-10-11-23-35)25-28-12-4-2-5-13-28)24-27-18-20-29(21-19-27)37-33(38)31-16-8-9-17-32(31)40-30-14-6-3-7-15-30/h2-9,12-21,26H,10-11,22-25H2,1H3,(H,36,39)(H,37,38). The van der Waals surface area contributed by atoms with Crippen LogP contribution < -0.4 is 15.4 Å². The number of nitrogens with one attached hydrogen (secondary N) is 2. The van der Waals surface area contributed by atoms with Crippen molar-refractivity contribution in [2.75, 3.05) is 5.32 Å². The normalized spacial score (nSPS) is 14.7. The highest BCUT2D eigenvalue weighted by molar-refractivity contribution is 6.06. The molecule has 0 heterocycles. The fourth-order valence-electron chi connectivity index (χ4n) is 5.59. The summed E-state index contributed by atoms with van der Waals surface area (Å²) in [6.07, 6.45) is 5.59. The predicted molar refractivity (Wildman–Crippen MR) is 160 cm³/mol. The molecule has 5 rings (SSSR count). The van der Waals surface area contributed by atoms with Gasteiger partial charge in [-0.05, 0) is 80.1 Å². The lowest BCUT2D eigenvalue weighted by Gasteiger charge is -2.30. The fourth-order valence-corrected chi connectivity index (χ4v) is 5.59. The van der Waals surface area contributed by atoms with Crippen molar-refractivity contribution in [3.05, 3.63) is 126 Å². The zero-order valence-corrected chi connectivity index (χ0v) is 22.9. The van der Waals surface area contributed by atoms with Crippen molar-refractivity contribution in [2.24, 2.45) is 5.41 Å². The first kappa shape index (κ1) is 27.2. The number of ether oxygens (including phenoxy) is 1. The molecule has 0 saturated heterocycles. The van der Waals surface area contributed by atoms with Crippen LogP contribution in [0.15, 0.2) is 109 Å². The summed E-state index contributed by atoms with van der Waals surface area (Å²) in [4.78, 5) is 26.5. The number of hydrogen-bond donors (Lipinski definition) is 2. The van der Waals surface area contributed by atoms with E-state index in [2.05, 4.69) is 29.7 Å². The van der Waals surface area contributed by atoms with Crippen LogP contribution in [0.1, 0.15) is 54.1 Å². The van der Waals surface area contributed by atoms with Crippen LogP contribution in [0.25, 0.3) is 0 Å². The van der Waals surface area contributed by atoms with Crippen LogP contribution in [0.3, 0.4) is 0 Å². The highest BCUT2D eigenvalue weighted by Crippen LogP contribution is 2.41.